The Morgan fingerprint density at radius 2 is 1.83 bits per heavy atom. The fourth-order valence-corrected chi connectivity index (χ4v) is 1.63. The monoisotopic (exact) mass is 258 g/mol. The molecule has 0 bridgehead atoms. The van der Waals surface area contributed by atoms with Gasteiger partial charge in [0, 0.05) is 12.5 Å². The number of carboxylic acid groups (broad SMARTS) is 1. The molecule has 0 aromatic heterocycles. The molecule has 18 heavy (non-hydrogen) atoms. The highest BCUT2D eigenvalue weighted by Crippen LogP contribution is 2.25. The third kappa shape index (κ3) is 6.59. The minimum absolute atomic E-state index is 0.0493. The molecule has 0 fully saturated rings. The molecule has 5 heteroatoms. The summed E-state index contributed by atoms with van der Waals surface area (Å²) >= 11 is 0. The first-order valence-corrected chi connectivity index (χ1v) is 6.42. The van der Waals surface area contributed by atoms with Gasteiger partial charge in [-0.1, -0.05) is 13.8 Å². The molecule has 0 heterocycles. The van der Waals surface area contributed by atoms with Crippen LogP contribution in [0.15, 0.2) is 0 Å². The van der Waals surface area contributed by atoms with Crippen LogP contribution >= 0.6 is 0 Å². The molecule has 0 saturated carbocycles. The van der Waals surface area contributed by atoms with Crippen LogP contribution in [-0.4, -0.2) is 29.6 Å². The minimum atomic E-state index is -0.897. The lowest BCUT2D eigenvalue weighted by Crippen LogP contribution is -2.40. The molecule has 0 rings (SSSR count). The fourth-order valence-electron chi connectivity index (χ4n) is 1.63. The summed E-state index contributed by atoms with van der Waals surface area (Å²) in [5.74, 6) is -1.57. The molecule has 106 valence electrons. The Morgan fingerprint density at radius 1 is 1.28 bits per heavy atom. The predicted octanol–water partition coefficient (Wildman–Crippen LogP) is 1.37. The average Bonchev–Trinajstić information content (AvgIpc) is 2.25. The van der Waals surface area contributed by atoms with Gasteiger partial charge in [-0.3, -0.25) is 9.59 Å². The van der Waals surface area contributed by atoms with Crippen LogP contribution in [0.25, 0.3) is 0 Å². The van der Waals surface area contributed by atoms with Crippen molar-refractivity contribution in [2.24, 2.45) is 17.1 Å². The molecule has 5 nitrogen and oxygen atoms in total. The normalized spacial score (nSPS) is 14.9. The van der Waals surface area contributed by atoms with E-state index in [1.165, 1.54) is 0 Å². The van der Waals surface area contributed by atoms with E-state index in [4.69, 9.17) is 10.8 Å². The summed E-state index contributed by atoms with van der Waals surface area (Å²) in [7, 11) is 0. The van der Waals surface area contributed by atoms with Crippen molar-refractivity contribution in [3.8, 4) is 0 Å². The van der Waals surface area contributed by atoms with Crippen molar-refractivity contribution in [1.29, 1.82) is 0 Å². The van der Waals surface area contributed by atoms with E-state index >= 15 is 0 Å². The van der Waals surface area contributed by atoms with Crippen LogP contribution in [0.4, 0.5) is 0 Å². The first-order chi connectivity index (χ1) is 8.19. The van der Waals surface area contributed by atoms with E-state index in [0.29, 0.717) is 13.0 Å². The van der Waals surface area contributed by atoms with Gasteiger partial charge in [-0.2, -0.15) is 0 Å². The fraction of sp³-hybridized carbons (Fsp3) is 0.846. The van der Waals surface area contributed by atoms with Gasteiger partial charge in [0.15, 0.2) is 0 Å². The molecule has 0 saturated heterocycles. The lowest BCUT2D eigenvalue weighted by atomic mass is 9.84. The summed E-state index contributed by atoms with van der Waals surface area (Å²) in [5.41, 5.74) is 5.56. The number of rotatable bonds is 8. The number of carbonyl (C=O) groups is 2. The second-order valence-corrected chi connectivity index (χ2v) is 5.69. The Balaban J connectivity index is 4.09. The van der Waals surface area contributed by atoms with E-state index in [1.807, 2.05) is 0 Å². The number of carboxylic acids is 1. The molecule has 2 atom stereocenters. The third-order valence-electron chi connectivity index (χ3n) is 3.38. The maximum absolute atomic E-state index is 11.7. The largest absolute Gasteiger partial charge is 0.481 e. The molecule has 0 aliphatic heterocycles. The SMILES string of the molecule is CC(NC(=O)CCC(C)(C)CCN)C(C)C(=O)O. The van der Waals surface area contributed by atoms with Crippen LogP contribution < -0.4 is 11.1 Å². The first-order valence-electron chi connectivity index (χ1n) is 6.42. The maximum atomic E-state index is 11.7. The molecule has 0 aliphatic rings. The first kappa shape index (κ1) is 16.9. The smallest absolute Gasteiger partial charge is 0.308 e. The standard InChI is InChI=1S/C13H26N2O3/c1-9(12(17)18)10(2)15-11(16)5-6-13(3,4)7-8-14/h9-10H,5-8,14H2,1-4H3,(H,15,16)(H,17,18). The lowest BCUT2D eigenvalue weighted by molar-refractivity contribution is -0.142. The highest BCUT2D eigenvalue weighted by atomic mass is 16.4. The van der Waals surface area contributed by atoms with E-state index in [0.717, 1.165) is 12.8 Å². The van der Waals surface area contributed by atoms with Crippen LogP contribution in [0.5, 0.6) is 0 Å². The van der Waals surface area contributed by atoms with Crippen LogP contribution in [0.1, 0.15) is 47.0 Å². The van der Waals surface area contributed by atoms with Crippen molar-refractivity contribution in [3.63, 3.8) is 0 Å². The van der Waals surface area contributed by atoms with Crippen LogP contribution in [0.2, 0.25) is 0 Å². The molecule has 4 N–H and O–H groups in total. The molecule has 0 aromatic rings. The summed E-state index contributed by atoms with van der Waals surface area (Å²) < 4.78 is 0. The van der Waals surface area contributed by atoms with Crippen molar-refractivity contribution < 1.29 is 14.7 Å². The quantitative estimate of drug-likeness (QED) is 0.613. The van der Waals surface area contributed by atoms with Gasteiger partial charge in [-0.25, -0.2) is 0 Å². The summed E-state index contributed by atoms with van der Waals surface area (Å²) in [5, 5.41) is 11.6. The molecule has 0 radical (unpaired) electrons. The Hall–Kier alpha value is -1.10. The zero-order valence-corrected chi connectivity index (χ0v) is 11.8. The molecule has 1 amide bonds. The van der Waals surface area contributed by atoms with Gasteiger partial charge in [0.25, 0.3) is 0 Å². The predicted molar refractivity (Wildman–Crippen MR) is 71.1 cm³/mol. The van der Waals surface area contributed by atoms with Crippen LogP contribution in [-0.2, 0) is 9.59 Å². The summed E-state index contributed by atoms with van der Waals surface area (Å²) in [6.45, 7) is 8.07. The van der Waals surface area contributed by atoms with E-state index in [1.54, 1.807) is 13.8 Å². The number of hydrogen-bond acceptors (Lipinski definition) is 3. The second-order valence-electron chi connectivity index (χ2n) is 5.69. The van der Waals surface area contributed by atoms with Gasteiger partial charge < -0.3 is 16.2 Å². The van der Waals surface area contributed by atoms with Gasteiger partial charge in [-0.05, 0) is 38.6 Å². The number of aliphatic carboxylic acids is 1. The van der Waals surface area contributed by atoms with E-state index < -0.39 is 11.9 Å². The molecule has 0 aromatic carbocycles. The topological polar surface area (TPSA) is 92.4 Å². The van der Waals surface area contributed by atoms with E-state index in [9.17, 15) is 9.59 Å². The Morgan fingerprint density at radius 3 is 2.28 bits per heavy atom. The van der Waals surface area contributed by atoms with Crippen molar-refractivity contribution in [2.45, 2.75) is 53.0 Å². The van der Waals surface area contributed by atoms with Crippen molar-refractivity contribution >= 4 is 11.9 Å². The maximum Gasteiger partial charge on any atom is 0.308 e. The molecule has 0 aliphatic carbocycles. The minimum Gasteiger partial charge on any atom is -0.481 e. The number of nitrogens with two attached hydrogens (primary N) is 1. The number of nitrogens with one attached hydrogen (secondary N) is 1. The highest BCUT2D eigenvalue weighted by Gasteiger charge is 2.22. The van der Waals surface area contributed by atoms with E-state index in [2.05, 4.69) is 19.2 Å². The van der Waals surface area contributed by atoms with Gasteiger partial charge >= 0.3 is 5.97 Å². The summed E-state index contributed by atoms with van der Waals surface area (Å²) in [6.07, 6.45) is 2.04. The number of amides is 1. The Bertz CT molecular complexity index is 290. The zero-order chi connectivity index (χ0) is 14.3. The van der Waals surface area contributed by atoms with Crippen molar-refractivity contribution in [3.05, 3.63) is 0 Å². The average molecular weight is 258 g/mol. The lowest BCUT2D eigenvalue weighted by Gasteiger charge is -2.24. The highest BCUT2D eigenvalue weighted by molar-refractivity contribution is 5.77. The Kier molecular flexibility index (Phi) is 6.91. The van der Waals surface area contributed by atoms with Crippen molar-refractivity contribution in [2.75, 3.05) is 6.54 Å². The zero-order valence-electron chi connectivity index (χ0n) is 11.8. The van der Waals surface area contributed by atoms with Crippen LogP contribution in [0, 0.1) is 11.3 Å². The molecular formula is C13H26N2O3. The molecule has 2 unspecified atom stereocenters. The third-order valence-corrected chi connectivity index (χ3v) is 3.38. The van der Waals surface area contributed by atoms with Crippen LogP contribution in [0.3, 0.4) is 0 Å². The number of carbonyl (C=O) groups excluding carboxylic acids is 1. The van der Waals surface area contributed by atoms with Gasteiger partial charge in [0.05, 0.1) is 5.92 Å². The van der Waals surface area contributed by atoms with Gasteiger partial charge in [-0.15, -0.1) is 0 Å². The Labute approximate surface area is 109 Å². The number of hydrogen-bond donors (Lipinski definition) is 3. The van der Waals surface area contributed by atoms with E-state index in [-0.39, 0.29) is 17.4 Å². The molecular weight excluding hydrogens is 232 g/mol. The summed E-state index contributed by atoms with van der Waals surface area (Å²) in [4.78, 5) is 22.5. The van der Waals surface area contributed by atoms with Crippen molar-refractivity contribution in [1.82, 2.24) is 5.32 Å². The summed E-state index contributed by atoms with van der Waals surface area (Å²) in [6, 6.07) is -0.354. The second kappa shape index (κ2) is 7.36. The van der Waals surface area contributed by atoms with Gasteiger partial charge in [0.1, 0.15) is 0 Å². The molecule has 0 spiro atoms. The van der Waals surface area contributed by atoms with Gasteiger partial charge in [0.2, 0.25) is 5.91 Å².